The summed E-state index contributed by atoms with van der Waals surface area (Å²) in [6.45, 7) is 1.78. The van der Waals surface area contributed by atoms with Crippen LogP contribution in [0.1, 0.15) is 35.2 Å². The van der Waals surface area contributed by atoms with Gasteiger partial charge in [0, 0.05) is 32.9 Å². The summed E-state index contributed by atoms with van der Waals surface area (Å²) in [6.07, 6.45) is 5.11. The van der Waals surface area contributed by atoms with E-state index in [4.69, 9.17) is 11.6 Å². The lowest BCUT2D eigenvalue weighted by Gasteiger charge is -2.21. The second-order valence-electron chi connectivity index (χ2n) is 6.30. The smallest absolute Gasteiger partial charge is 0.277 e. The highest BCUT2D eigenvalue weighted by Crippen LogP contribution is 2.41. The molecule has 1 aliphatic carbocycles. The average Bonchev–Trinajstić information content (AvgIpc) is 2.76. The van der Waals surface area contributed by atoms with Crippen molar-refractivity contribution in [2.45, 2.75) is 12.8 Å². The third-order valence-corrected chi connectivity index (χ3v) is 5.37. The van der Waals surface area contributed by atoms with E-state index >= 15 is 0 Å². The maximum atomic E-state index is 11.8. The molecule has 4 rings (SSSR count). The van der Waals surface area contributed by atoms with Crippen LogP contribution in [0.5, 0.6) is 0 Å². The fourth-order valence-corrected chi connectivity index (χ4v) is 4.08. The van der Waals surface area contributed by atoms with Crippen molar-refractivity contribution in [1.29, 1.82) is 0 Å². The summed E-state index contributed by atoms with van der Waals surface area (Å²) in [5, 5.41) is 15.6. The first-order valence-electron chi connectivity index (χ1n) is 8.29. The SMILES string of the molecule is O=[N+]([O-])C1=Cc2cc(Br)cnc2C(=C2CCNCC2)c2ccc(Cl)cc21. The lowest BCUT2D eigenvalue weighted by molar-refractivity contribution is -0.374. The van der Waals surface area contributed by atoms with Gasteiger partial charge >= 0.3 is 0 Å². The van der Waals surface area contributed by atoms with E-state index in [0.717, 1.165) is 52.8 Å². The highest BCUT2D eigenvalue weighted by Gasteiger charge is 2.29. The second kappa shape index (κ2) is 6.95. The quantitative estimate of drug-likeness (QED) is 0.520. The number of pyridine rings is 1. The highest BCUT2D eigenvalue weighted by atomic mass is 79.9. The number of rotatable bonds is 1. The summed E-state index contributed by atoms with van der Waals surface area (Å²) in [5.41, 5.74) is 5.17. The minimum Gasteiger partial charge on any atom is -0.316 e. The molecule has 1 fully saturated rings. The molecule has 0 unspecified atom stereocenters. The first-order valence-corrected chi connectivity index (χ1v) is 9.47. The molecule has 2 aromatic rings. The van der Waals surface area contributed by atoms with Gasteiger partial charge in [-0.05, 0) is 65.6 Å². The lowest BCUT2D eigenvalue weighted by atomic mass is 9.88. The fourth-order valence-electron chi connectivity index (χ4n) is 3.56. The van der Waals surface area contributed by atoms with Crippen molar-refractivity contribution in [2.75, 3.05) is 13.1 Å². The fraction of sp³-hybridized carbons (Fsp3) is 0.211. The number of piperidine rings is 1. The summed E-state index contributed by atoms with van der Waals surface area (Å²) in [6, 6.07) is 7.21. The van der Waals surface area contributed by atoms with Gasteiger partial charge in [0.15, 0.2) is 0 Å². The first kappa shape index (κ1) is 17.4. The van der Waals surface area contributed by atoms with Crippen LogP contribution >= 0.6 is 27.5 Å². The van der Waals surface area contributed by atoms with Crippen molar-refractivity contribution in [3.8, 4) is 0 Å². The van der Waals surface area contributed by atoms with Crippen LogP contribution in [0.2, 0.25) is 5.02 Å². The van der Waals surface area contributed by atoms with Crippen LogP contribution < -0.4 is 5.32 Å². The second-order valence-corrected chi connectivity index (χ2v) is 7.65. The van der Waals surface area contributed by atoms with Gasteiger partial charge in [0.25, 0.3) is 5.70 Å². The maximum absolute atomic E-state index is 11.8. The number of nitrogens with zero attached hydrogens (tertiary/aromatic N) is 2. The monoisotopic (exact) mass is 431 g/mol. The third-order valence-electron chi connectivity index (χ3n) is 4.70. The minimum atomic E-state index is -0.351. The molecule has 1 aromatic carbocycles. The van der Waals surface area contributed by atoms with Gasteiger partial charge < -0.3 is 5.32 Å². The number of hydrogen-bond donors (Lipinski definition) is 1. The van der Waals surface area contributed by atoms with Crippen LogP contribution in [0.4, 0.5) is 0 Å². The standard InChI is InChI=1S/C19H15BrClN3O2/c20-13-7-12-8-17(24(25)26)16-9-14(21)1-2-15(16)18(19(12)23-10-13)11-3-5-22-6-4-11/h1-2,7-10,22H,3-6H2. The van der Waals surface area contributed by atoms with Crippen LogP contribution in [-0.2, 0) is 0 Å². The molecule has 0 radical (unpaired) electrons. The van der Waals surface area contributed by atoms with Crippen LogP contribution in [0.3, 0.4) is 0 Å². The number of benzene rings is 1. The highest BCUT2D eigenvalue weighted by molar-refractivity contribution is 9.10. The zero-order valence-corrected chi connectivity index (χ0v) is 16.1. The summed E-state index contributed by atoms with van der Waals surface area (Å²) < 4.78 is 0.786. The average molecular weight is 433 g/mol. The number of nitro groups is 1. The Labute approximate surface area is 164 Å². The predicted molar refractivity (Wildman–Crippen MR) is 106 cm³/mol. The zero-order chi connectivity index (χ0) is 18.3. The van der Waals surface area contributed by atoms with Crippen molar-refractivity contribution in [2.24, 2.45) is 0 Å². The van der Waals surface area contributed by atoms with Crippen molar-refractivity contribution in [3.05, 3.63) is 78.0 Å². The summed E-state index contributed by atoms with van der Waals surface area (Å²) in [5.74, 6) is 0. The Balaban J connectivity index is 2.10. The number of fused-ring (bicyclic) bond motifs is 2. The van der Waals surface area contributed by atoms with Crippen LogP contribution in [0.15, 0.2) is 40.5 Å². The van der Waals surface area contributed by atoms with Gasteiger partial charge in [-0.25, -0.2) is 0 Å². The topological polar surface area (TPSA) is 68.1 Å². The van der Waals surface area contributed by atoms with Crippen LogP contribution in [0, 0.1) is 10.1 Å². The van der Waals surface area contributed by atoms with Gasteiger partial charge in [-0.3, -0.25) is 15.1 Å². The van der Waals surface area contributed by atoms with Crippen LogP contribution in [-0.4, -0.2) is 23.0 Å². The molecule has 2 aliphatic rings. The van der Waals surface area contributed by atoms with E-state index in [0.29, 0.717) is 10.6 Å². The summed E-state index contributed by atoms with van der Waals surface area (Å²) in [4.78, 5) is 16.1. The van der Waals surface area contributed by atoms with Crippen molar-refractivity contribution in [1.82, 2.24) is 10.3 Å². The van der Waals surface area contributed by atoms with E-state index in [-0.39, 0.29) is 10.6 Å². The van der Waals surface area contributed by atoms with E-state index < -0.39 is 0 Å². The van der Waals surface area contributed by atoms with E-state index in [9.17, 15) is 10.1 Å². The third kappa shape index (κ3) is 3.09. The van der Waals surface area contributed by atoms with Crippen molar-refractivity contribution < 1.29 is 4.92 Å². The molecule has 5 nitrogen and oxygen atoms in total. The van der Waals surface area contributed by atoms with E-state index in [1.807, 2.05) is 12.1 Å². The molecule has 0 amide bonds. The molecule has 1 aromatic heterocycles. The predicted octanol–water partition coefficient (Wildman–Crippen LogP) is 4.77. The summed E-state index contributed by atoms with van der Waals surface area (Å²) >= 11 is 9.60. The van der Waals surface area contributed by atoms with Gasteiger partial charge in [-0.1, -0.05) is 23.2 Å². The van der Waals surface area contributed by atoms with Crippen molar-refractivity contribution in [3.63, 3.8) is 0 Å². The Hall–Kier alpha value is -2.02. The molecule has 0 bridgehead atoms. The lowest BCUT2D eigenvalue weighted by Crippen LogP contribution is -2.24. The van der Waals surface area contributed by atoms with Gasteiger partial charge in [0.2, 0.25) is 0 Å². The largest absolute Gasteiger partial charge is 0.316 e. The number of aromatic nitrogens is 1. The Morgan fingerprint density at radius 3 is 2.69 bits per heavy atom. The molecule has 132 valence electrons. The molecular weight excluding hydrogens is 418 g/mol. The van der Waals surface area contributed by atoms with Gasteiger partial charge in [0.1, 0.15) is 0 Å². The van der Waals surface area contributed by atoms with E-state index in [1.54, 1.807) is 24.4 Å². The molecule has 0 spiro atoms. The molecule has 1 N–H and O–H groups in total. The first-order chi connectivity index (χ1) is 12.5. The normalized spacial score (nSPS) is 16.5. The Kier molecular flexibility index (Phi) is 4.65. The van der Waals surface area contributed by atoms with Crippen molar-refractivity contribution >= 4 is 44.9 Å². The molecule has 7 heteroatoms. The van der Waals surface area contributed by atoms with Gasteiger partial charge in [-0.15, -0.1) is 0 Å². The minimum absolute atomic E-state index is 0.0354. The Morgan fingerprint density at radius 1 is 1.19 bits per heavy atom. The number of hydrogen-bond acceptors (Lipinski definition) is 4. The zero-order valence-electron chi connectivity index (χ0n) is 13.8. The van der Waals surface area contributed by atoms with Crippen LogP contribution in [0.25, 0.3) is 17.3 Å². The van der Waals surface area contributed by atoms with E-state index in [1.165, 1.54) is 5.57 Å². The molecular formula is C19H15BrClN3O2. The molecule has 2 heterocycles. The van der Waals surface area contributed by atoms with Gasteiger partial charge in [0.05, 0.1) is 16.2 Å². The molecule has 1 aliphatic heterocycles. The van der Waals surface area contributed by atoms with E-state index in [2.05, 4.69) is 26.2 Å². The Bertz CT molecular complexity index is 977. The number of nitrogens with one attached hydrogen (secondary N) is 1. The molecule has 26 heavy (non-hydrogen) atoms. The maximum Gasteiger partial charge on any atom is 0.277 e. The molecule has 0 saturated carbocycles. The number of halogens is 2. The Morgan fingerprint density at radius 2 is 1.96 bits per heavy atom. The summed E-state index contributed by atoms with van der Waals surface area (Å²) in [7, 11) is 0. The molecule has 1 saturated heterocycles. The van der Waals surface area contributed by atoms with Gasteiger partial charge in [-0.2, -0.15) is 0 Å². The molecule has 0 atom stereocenters.